The molecule has 3 rings (SSSR count). The molecule has 1 aliphatic carbocycles. The third-order valence-corrected chi connectivity index (χ3v) is 4.58. The first-order valence-electron chi connectivity index (χ1n) is 7.42. The summed E-state index contributed by atoms with van der Waals surface area (Å²) in [5, 5.41) is 4.93. The molecular weight excluding hydrogens is 302 g/mol. The van der Waals surface area contributed by atoms with Gasteiger partial charge >= 0.3 is 5.97 Å². The van der Waals surface area contributed by atoms with E-state index in [9.17, 15) is 4.79 Å². The molecule has 0 radical (unpaired) electrons. The van der Waals surface area contributed by atoms with Crippen LogP contribution in [0, 0.1) is 5.92 Å². The molecule has 0 N–H and O–H groups in total. The van der Waals surface area contributed by atoms with Crippen LogP contribution in [0.3, 0.4) is 0 Å². The molecule has 1 aromatic heterocycles. The van der Waals surface area contributed by atoms with Crippen molar-refractivity contribution >= 4 is 17.6 Å². The number of rotatable bonds is 2. The van der Waals surface area contributed by atoms with Gasteiger partial charge in [-0.3, -0.25) is 4.79 Å². The minimum Gasteiger partial charge on any atom is -0.469 e. The van der Waals surface area contributed by atoms with Crippen LogP contribution >= 0.6 is 11.6 Å². The number of esters is 1. The highest BCUT2D eigenvalue weighted by molar-refractivity contribution is 6.30. The molecule has 1 heterocycles. The molecule has 1 aliphatic rings. The van der Waals surface area contributed by atoms with Crippen molar-refractivity contribution < 1.29 is 14.1 Å². The van der Waals surface area contributed by atoms with Gasteiger partial charge in [0.15, 0.2) is 0 Å². The van der Waals surface area contributed by atoms with Crippen molar-refractivity contribution in [3.05, 3.63) is 40.6 Å². The van der Waals surface area contributed by atoms with Crippen LogP contribution in [0.4, 0.5) is 0 Å². The Bertz CT molecular complexity index is 678. The zero-order chi connectivity index (χ0) is 15.7. The maximum Gasteiger partial charge on any atom is 0.309 e. The number of aromatic nitrogens is 1. The molecule has 0 aliphatic heterocycles. The Morgan fingerprint density at radius 2 is 2.05 bits per heavy atom. The minimum absolute atomic E-state index is 0.153. The predicted octanol–water partition coefficient (Wildman–Crippen LogP) is 4.22. The van der Waals surface area contributed by atoms with Crippen molar-refractivity contribution in [1.29, 1.82) is 0 Å². The number of fused-ring (bicyclic) bond motifs is 1. The first kappa shape index (κ1) is 15.1. The largest absolute Gasteiger partial charge is 0.469 e. The Kier molecular flexibility index (Phi) is 4.21. The second-order valence-corrected chi connectivity index (χ2v) is 6.21. The van der Waals surface area contributed by atoms with Gasteiger partial charge in [0.25, 0.3) is 0 Å². The molecule has 0 amide bonds. The Morgan fingerprint density at radius 3 is 2.73 bits per heavy atom. The third-order valence-electron chi connectivity index (χ3n) is 4.33. The average Bonchev–Trinajstić information content (AvgIpc) is 2.87. The van der Waals surface area contributed by atoms with Crippen LogP contribution in [0.15, 0.2) is 28.8 Å². The van der Waals surface area contributed by atoms with E-state index in [-0.39, 0.29) is 11.9 Å². The number of halogens is 1. The zero-order valence-corrected chi connectivity index (χ0v) is 13.4. The van der Waals surface area contributed by atoms with Crippen molar-refractivity contribution in [3.8, 4) is 11.3 Å². The molecular formula is C17H18ClNO3. The molecule has 2 atom stereocenters. The van der Waals surface area contributed by atoms with E-state index in [4.69, 9.17) is 20.9 Å². The molecule has 0 saturated carbocycles. The summed E-state index contributed by atoms with van der Waals surface area (Å²) < 4.78 is 10.4. The zero-order valence-electron chi connectivity index (χ0n) is 12.6. The number of benzene rings is 1. The van der Waals surface area contributed by atoms with E-state index >= 15 is 0 Å². The lowest BCUT2D eigenvalue weighted by atomic mass is 9.93. The lowest BCUT2D eigenvalue weighted by Crippen LogP contribution is -2.17. The third kappa shape index (κ3) is 2.75. The van der Waals surface area contributed by atoms with Gasteiger partial charge < -0.3 is 9.26 Å². The van der Waals surface area contributed by atoms with Crippen LogP contribution in [0.1, 0.15) is 37.0 Å². The second-order valence-electron chi connectivity index (χ2n) is 5.78. The van der Waals surface area contributed by atoms with Gasteiger partial charge in [-0.1, -0.05) is 35.8 Å². The van der Waals surface area contributed by atoms with Crippen molar-refractivity contribution in [2.24, 2.45) is 5.92 Å². The van der Waals surface area contributed by atoms with Gasteiger partial charge in [0.05, 0.1) is 13.0 Å². The molecule has 1 aromatic carbocycles. The van der Waals surface area contributed by atoms with Crippen molar-refractivity contribution in [3.63, 3.8) is 0 Å². The van der Waals surface area contributed by atoms with Crippen molar-refractivity contribution in [2.45, 2.75) is 32.1 Å². The van der Waals surface area contributed by atoms with Crippen molar-refractivity contribution in [1.82, 2.24) is 5.16 Å². The van der Waals surface area contributed by atoms with Crippen LogP contribution < -0.4 is 0 Å². The first-order chi connectivity index (χ1) is 10.6. The minimum atomic E-state index is -0.176. The van der Waals surface area contributed by atoms with Gasteiger partial charge in [0.2, 0.25) is 0 Å². The summed E-state index contributed by atoms with van der Waals surface area (Å²) in [4.78, 5) is 11.9. The summed E-state index contributed by atoms with van der Waals surface area (Å²) in [7, 11) is 1.43. The fraction of sp³-hybridized carbons (Fsp3) is 0.412. The number of ether oxygens (including phenoxy) is 1. The van der Waals surface area contributed by atoms with Gasteiger partial charge in [-0.25, -0.2) is 0 Å². The number of methoxy groups -OCH3 is 1. The van der Waals surface area contributed by atoms with Gasteiger partial charge in [-0.05, 0) is 30.9 Å². The maximum absolute atomic E-state index is 11.9. The van der Waals surface area contributed by atoms with E-state index in [0.29, 0.717) is 17.4 Å². The van der Waals surface area contributed by atoms with E-state index in [2.05, 4.69) is 12.1 Å². The molecule has 0 saturated heterocycles. The van der Waals surface area contributed by atoms with Crippen LogP contribution in [0.2, 0.25) is 5.02 Å². The smallest absolute Gasteiger partial charge is 0.309 e. The molecule has 22 heavy (non-hydrogen) atoms. The molecule has 4 nitrogen and oxygen atoms in total. The molecule has 5 heteroatoms. The van der Waals surface area contributed by atoms with Gasteiger partial charge in [-0.15, -0.1) is 0 Å². The lowest BCUT2D eigenvalue weighted by molar-refractivity contribution is -0.145. The first-order valence-corrected chi connectivity index (χ1v) is 7.80. The van der Waals surface area contributed by atoms with Gasteiger partial charge in [0, 0.05) is 22.6 Å². The topological polar surface area (TPSA) is 52.3 Å². The second kappa shape index (κ2) is 6.13. The van der Waals surface area contributed by atoms with Crippen LogP contribution in [0.25, 0.3) is 11.3 Å². The maximum atomic E-state index is 11.9. The van der Waals surface area contributed by atoms with Crippen molar-refractivity contribution in [2.75, 3.05) is 7.11 Å². The molecule has 116 valence electrons. The number of carbonyl (C=O) groups is 1. The number of hydrogen-bond donors (Lipinski definition) is 0. The number of carbonyl (C=O) groups excluding carboxylic acids is 1. The standard InChI is InChI=1S/C17H18ClNO3/c1-10-3-4-12(17(20)21-2)9-14-15(10)16(19-22-14)11-5-7-13(18)8-6-11/h5-8,10,12H,3-4,9H2,1-2H3/t10-,12+/m0/s1. The summed E-state index contributed by atoms with van der Waals surface area (Å²) in [6.07, 6.45) is 2.26. The highest BCUT2D eigenvalue weighted by atomic mass is 35.5. The van der Waals surface area contributed by atoms with E-state index in [0.717, 1.165) is 35.4 Å². The summed E-state index contributed by atoms with van der Waals surface area (Å²) in [6.45, 7) is 2.15. The van der Waals surface area contributed by atoms with E-state index in [1.165, 1.54) is 7.11 Å². The molecule has 2 aromatic rings. The quantitative estimate of drug-likeness (QED) is 0.614. The Morgan fingerprint density at radius 1 is 1.32 bits per heavy atom. The van der Waals surface area contributed by atoms with Gasteiger partial charge in [-0.2, -0.15) is 0 Å². The molecule has 0 spiro atoms. The Labute approximate surface area is 134 Å². The van der Waals surface area contributed by atoms with E-state index < -0.39 is 0 Å². The monoisotopic (exact) mass is 319 g/mol. The Hall–Kier alpha value is -1.81. The molecule has 0 unspecified atom stereocenters. The fourth-order valence-corrected chi connectivity index (χ4v) is 3.22. The summed E-state index contributed by atoms with van der Waals surface area (Å²) in [5.74, 6) is 0.760. The summed E-state index contributed by atoms with van der Waals surface area (Å²) in [6, 6.07) is 7.57. The normalized spacial score (nSPS) is 21.0. The average molecular weight is 320 g/mol. The molecule has 0 bridgehead atoms. The highest BCUT2D eigenvalue weighted by Gasteiger charge is 2.32. The van der Waals surface area contributed by atoms with Crippen LogP contribution in [-0.2, 0) is 16.0 Å². The van der Waals surface area contributed by atoms with E-state index in [1.54, 1.807) is 0 Å². The van der Waals surface area contributed by atoms with E-state index in [1.807, 2.05) is 24.3 Å². The summed E-state index contributed by atoms with van der Waals surface area (Å²) >= 11 is 5.95. The predicted molar refractivity (Wildman–Crippen MR) is 83.8 cm³/mol. The highest BCUT2D eigenvalue weighted by Crippen LogP contribution is 2.39. The van der Waals surface area contributed by atoms with Crippen LogP contribution in [0.5, 0.6) is 0 Å². The van der Waals surface area contributed by atoms with Crippen LogP contribution in [-0.4, -0.2) is 18.2 Å². The Balaban J connectivity index is 1.99. The SMILES string of the molecule is COC(=O)[C@@H]1CC[C@H](C)c2c(-c3ccc(Cl)cc3)noc2C1. The number of hydrogen-bond acceptors (Lipinski definition) is 4. The number of nitrogens with zero attached hydrogens (tertiary/aromatic N) is 1. The molecule has 0 fully saturated rings. The fourth-order valence-electron chi connectivity index (χ4n) is 3.09. The van der Waals surface area contributed by atoms with Gasteiger partial charge in [0.1, 0.15) is 11.5 Å². The lowest BCUT2D eigenvalue weighted by Gasteiger charge is -2.11. The summed E-state index contributed by atoms with van der Waals surface area (Å²) in [5.41, 5.74) is 2.94.